The van der Waals surface area contributed by atoms with Crippen molar-refractivity contribution in [2.75, 3.05) is 6.61 Å². The molecule has 4 aliphatic carbocycles. The van der Waals surface area contributed by atoms with Gasteiger partial charge in [0.15, 0.2) is 6.61 Å². The van der Waals surface area contributed by atoms with Gasteiger partial charge in [0.2, 0.25) is 0 Å². The number of rotatable bonds is 8. The van der Waals surface area contributed by atoms with Gasteiger partial charge < -0.3 is 9.47 Å². The van der Waals surface area contributed by atoms with Crippen molar-refractivity contribution in [3.8, 4) is 0 Å². The average Bonchev–Trinajstić information content (AvgIpc) is 2.62. The van der Waals surface area contributed by atoms with Crippen LogP contribution in [-0.4, -0.2) is 24.1 Å². The summed E-state index contributed by atoms with van der Waals surface area (Å²) in [6, 6.07) is 0. The zero-order chi connectivity index (χ0) is 20.7. The van der Waals surface area contributed by atoms with Crippen molar-refractivity contribution >= 4 is 11.9 Å². The van der Waals surface area contributed by atoms with Crippen molar-refractivity contribution in [2.45, 2.75) is 98.5 Å². The molecule has 4 bridgehead atoms. The summed E-state index contributed by atoms with van der Waals surface area (Å²) < 4.78 is 11.6. The van der Waals surface area contributed by atoms with Gasteiger partial charge in [-0.2, -0.15) is 0 Å². The minimum atomic E-state index is -0.564. The molecule has 4 saturated carbocycles. The highest BCUT2D eigenvalue weighted by molar-refractivity contribution is 5.80. The fraction of sp³-hybridized carbons (Fsp3) is 0.917. The lowest BCUT2D eigenvalue weighted by molar-refractivity contribution is -0.231. The highest BCUT2D eigenvalue weighted by atomic mass is 16.6. The van der Waals surface area contributed by atoms with E-state index in [4.69, 9.17) is 9.47 Å². The van der Waals surface area contributed by atoms with E-state index >= 15 is 0 Å². The Kier molecular flexibility index (Phi) is 5.91. The zero-order valence-electron chi connectivity index (χ0n) is 18.8. The van der Waals surface area contributed by atoms with E-state index in [9.17, 15) is 9.59 Å². The summed E-state index contributed by atoms with van der Waals surface area (Å²) in [5.74, 6) is 1.57. The largest absolute Gasteiger partial charge is 0.456 e. The van der Waals surface area contributed by atoms with E-state index in [1.165, 1.54) is 32.1 Å². The van der Waals surface area contributed by atoms with Gasteiger partial charge in [0.1, 0.15) is 5.60 Å². The molecule has 0 amide bonds. The minimum absolute atomic E-state index is 0.259. The van der Waals surface area contributed by atoms with E-state index in [-0.39, 0.29) is 24.1 Å². The van der Waals surface area contributed by atoms with E-state index in [0.717, 1.165) is 18.8 Å². The van der Waals surface area contributed by atoms with E-state index in [1.807, 2.05) is 20.8 Å². The molecule has 0 aromatic heterocycles. The lowest BCUT2D eigenvalue weighted by atomic mass is 9.44. The van der Waals surface area contributed by atoms with E-state index in [0.29, 0.717) is 29.6 Å². The molecule has 3 atom stereocenters. The van der Waals surface area contributed by atoms with E-state index < -0.39 is 5.41 Å². The van der Waals surface area contributed by atoms with Gasteiger partial charge in [-0.25, -0.2) is 4.79 Å². The first kappa shape index (κ1) is 21.6. The van der Waals surface area contributed by atoms with E-state index in [2.05, 4.69) is 20.8 Å². The third-order valence-electron chi connectivity index (χ3n) is 8.30. The quantitative estimate of drug-likeness (QED) is 0.510. The molecule has 0 aromatic carbocycles. The van der Waals surface area contributed by atoms with Gasteiger partial charge in [-0.15, -0.1) is 0 Å². The minimum Gasteiger partial charge on any atom is -0.456 e. The highest BCUT2D eigenvalue weighted by Crippen LogP contribution is 2.65. The number of ether oxygens (including phenoxy) is 2. The van der Waals surface area contributed by atoms with Gasteiger partial charge in [-0.05, 0) is 87.9 Å². The molecular weight excluding hydrogens is 352 g/mol. The molecule has 0 spiro atoms. The Morgan fingerprint density at radius 1 is 1.11 bits per heavy atom. The third kappa shape index (κ3) is 3.98. The second-order valence-corrected chi connectivity index (χ2v) is 11.1. The Balaban J connectivity index is 1.73. The van der Waals surface area contributed by atoms with Crippen LogP contribution in [0.5, 0.6) is 0 Å². The predicted octanol–water partition coefficient (Wildman–Crippen LogP) is 5.53. The smallest absolute Gasteiger partial charge is 0.344 e. The second kappa shape index (κ2) is 7.65. The van der Waals surface area contributed by atoms with Crippen molar-refractivity contribution in [2.24, 2.45) is 34.5 Å². The summed E-state index contributed by atoms with van der Waals surface area (Å²) in [6.45, 7) is 12.3. The molecule has 4 heteroatoms. The van der Waals surface area contributed by atoms with Crippen molar-refractivity contribution in [3.05, 3.63) is 0 Å². The van der Waals surface area contributed by atoms with Crippen molar-refractivity contribution < 1.29 is 19.1 Å². The number of esters is 2. The Morgan fingerprint density at radius 2 is 1.71 bits per heavy atom. The average molecular weight is 393 g/mol. The van der Waals surface area contributed by atoms with Crippen LogP contribution in [-0.2, 0) is 19.1 Å². The molecule has 0 N–H and O–H groups in total. The summed E-state index contributed by atoms with van der Waals surface area (Å²) in [6.07, 6.45) is 8.80. The maximum absolute atomic E-state index is 12.8. The van der Waals surface area contributed by atoms with Crippen LogP contribution in [0, 0.1) is 34.5 Å². The molecule has 3 unspecified atom stereocenters. The van der Waals surface area contributed by atoms with Crippen LogP contribution >= 0.6 is 0 Å². The van der Waals surface area contributed by atoms with Gasteiger partial charge in [-0.3, -0.25) is 4.79 Å². The van der Waals surface area contributed by atoms with Crippen molar-refractivity contribution in [3.63, 3.8) is 0 Å². The first-order valence-electron chi connectivity index (χ1n) is 11.4. The Bertz CT molecular complexity index is 592. The summed E-state index contributed by atoms with van der Waals surface area (Å²) >= 11 is 0. The zero-order valence-corrected chi connectivity index (χ0v) is 18.8. The maximum Gasteiger partial charge on any atom is 0.344 e. The molecule has 0 saturated heterocycles. The monoisotopic (exact) mass is 392 g/mol. The first-order valence-corrected chi connectivity index (χ1v) is 11.4. The van der Waals surface area contributed by atoms with Gasteiger partial charge in [-0.1, -0.05) is 34.1 Å². The second-order valence-electron chi connectivity index (χ2n) is 11.1. The molecule has 0 heterocycles. The van der Waals surface area contributed by atoms with Gasteiger partial charge in [0.25, 0.3) is 0 Å². The van der Waals surface area contributed by atoms with Crippen LogP contribution < -0.4 is 0 Å². The number of hydrogen-bond donors (Lipinski definition) is 0. The van der Waals surface area contributed by atoms with Gasteiger partial charge in [0, 0.05) is 0 Å². The summed E-state index contributed by atoms with van der Waals surface area (Å²) in [5.41, 5.74) is -0.485. The van der Waals surface area contributed by atoms with E-state index in [1.54, 1.807) is 0 Å². The standard InChI is InChI=1S/C24H40O4/c1-7-16(3)11-24(28-20(25)15-27-21(26)22(4,5)8-2)18-9-17-10-19(24)14-23(6,12-17)13-18/h16-19H,7-15H2,1-6H3. The Labute approximate surface area is 171 Å². The molecule has 0 radical (unpaired) electrons. The molecule has 4 fully saturated rings. The predicted molar refractivity (Wildman–Crippen MR) is 110 cm³/mol. The molecule has 0 aliphatic heterocycles. The molecule has 4 nitrogen and oxygen atoms in total. The number of carbonyl (C=O) groups is 2. The summed E-state index contributed by atoms with van der Waals surface area (Å²) in [4.78, 5) is 25.1. The SMILES string of the molecule is CCC(C)CC1(OC(=O)COC(=O)C(C)(C)CC)C2CC3CC1CC(C)(C3)C2. The van der Waals surface area contributed by atoms with Crippen LogP contribution in [0.3, 0.4) is 0 Å². The fourth-order valence-corrected chi connectivity index (χ4v) is 6.38. The van der Waals surface area contributed by atoms with Gasteiger partial charge in [0.05, 0.1) is 5.41 Å². The summed E-state index contributed by atoms with van der Waals surface area (Å²) in [5, 5.41) is 0. The lowest BCUT2D eigenvalue weighted by Gasteiger charge is -2.64. The van der Waals surface area contributed by atoms with Crippen LogP contribution in [0.4, 0.5) is 0 Å². The third-order valence-corrected chi connectivity index (χ3v) is 8.30. The topological polar surface area (TPSA) is 52.6 Å². The highest BCUT2D eigenvalue weighted by Gasteiger charge is 2.62. The van der Waals surface area contributed by atoms with Crippen molar-refractivity contribution in [1.82, 2.24) is 0 Å². The Morgan fingerprint density at radius 3 is 2.21 bits per heavy atom. The molecular formula is C24H40O4. The molecule has 4 rings (SSSR count). The lowest BCUT2D eigenvalue weighted by Crippen LogP contribution is -2.62. The molecule has 28 heavy (non-hydrogen) atoms. The fourth-order valence-electron chi connectivity index (χ4n) is 6.38. The van der Waals surface area contributed by atoms with Crippen LogP contribution in [0.25, 0.3) is 0 Å². The molecule has 0 aromatic rings. The first-order chi connectivity index (χ1) is 13.0. The molecule has 160 valence electrons. The van der Waals surface area contributed by atoms with Crippen LogP contribution in [0.2, 0.25) is 0 Å². The normalized spacial score (nSPS) is 37.6. The van der Waals surface area contributed by atoms with Crippen molar-refractivity contribution in [1.29, 1.82) is 0 Å². The van der Waals surface area contributed by atoms with Crippen LogP contribution in [0.1, 0.15) is 92.9 Å². The maximum atomic E-state index is 12.8. The summed E-state index contributed by atoms with van der Waals surface area (Å²) in [7, 11) is 0. The molecule has 4 aliphatic rings. The van der Waals surface area contributed by atoms with Gasteiger partial charge >= 0.3 is 11.9 Å². The number of hydrogen-bond acceptors (Lipinski definition) is 4. The Hall–Kier alpha value is -1.06. The number of carbonyl (C=O) groups excluding carboxylic acids is 2. The van der Waals surface area contributed by atoms with Crippen LogP contribution in [0.15, 0.2) is 0 Å².